The summed E-state index contributed by atoms with van der Waals surface area (Å²) in [4.78, 5) is -0.236. The maximum absolute atomic E-state index is 12.8. The second-order valence-corrected chi connectivity index (χ2v) is 5.24. The van der Waals surface area contributed by atoms with Gasteiger partial charge in [-0.25, -0.2) is 0 Å². The van der Waals surface area contributed by atoms with E-state index >= 15 is 0 Å². The van der Waals surface area contributed by atoms with Crippen LogP contribution >= 0.6 is 12.2 Å². The van der Waals surface area contributed by atoms with Crippen molar-refractivity contribution >= 4 is 22.9 Å². The van der Waals surface area contributed by atoms with Crippen molar-refractivity contribution in [2.24, 2.45) is 11.7 Å². The van der Waals surface area contributed by atoms with Crippen LogP contribution in [0.1, 0.15) is 30.4 Å². The van der Waals surface area contributed by atoms with E-state index < -0.39 is 11.7 Å². The third kappa shape index (κ3) is 3.37. The fraction of sp³-hybridized carbons (Fsp3) is 0.462. The monoisotopic (exact) mass is 288 g/mol. The molecule has 1 fully saturated rings. The van der Waals surface area contributed by atoms with Gasteiger partial charge in [-0.15, -0.1) is 0 Å². The molecule has 2 nitrogen and oxygen atoms in total. The van der Waals surface area contributed by atoms with Crippen LogP contribution in [-0.2, 0) is 6.18 Å². The number of rotatable bonds is 4. The summed E-state index contributed by atoms with van der Waals surface area (Å²) in [5, 5.41) is 3.14. The van der Waals surface area contributed by atoms with E-state index in [4.69, 9.17) is 18.0 Å². The van der Waals surface area contributed by atoms with Crippen LogP contribution < -0.4 is 11.1 Å². The van der Waals surface area contributed by atoms with Crippen molar-refractivity contribution in [2.75, 3.05) is 11.9 Å². The third-order valence-corrected chi connectivity index (χ3v) is 3.63. The molecule has 0 unspecified atom stereocenters. The van der Waals surface area contributed by atoms with Gasteiger partial charge in [-0.1, -0.05) is 18.6 Å². The molecule has 0 aromatic heterocycles. The van der Waals surface area contributed by atoms with Crippen LogP contribution in [0.3, 0.4) is 0 Å². The van der Waals surface area contributed by atoms with Gasteiger partial charge in [0.1, 0.15) is 4.99 Å². The van der Waals surface area contributed by atoms with Gasteiger partial charge in [-0.3, -0.25) is 0 Å². The molecule has 0 spiro atoms. The van der Waals surface area contributed by atoms with Crippen LogP contribution in [0.4, 0.5) is 18.9 Å². The number of anilines is 1. The van der Waals surface area contributed by atoms with Crippen molar-refractivity contribution in [2.45, 2.75) is 25.4 Å². The Hall–Kier alpha value is -1.30. The number of hydrogen-bond donors (Lipinski definition) is 2. The van der Waals surface area contributed by atoms with E-state index in [-0.39, 0.29) is 10.6 Å². The molecule has 6 heteroatoms. The average molecular weight is 288 g/mol. The smallest absolute Gasteiger partial charge is 0.389 e. The minimum absolute atomic E-state index is 0.124. The molecule has 1 aromatic carbocycles. The molecule has 0 aliphatic heterocycles. The molecule has 3 N–H and O–H groups in total. The number of benzene rings is 1. The largest absolute Gasteiger partial charge is 0.417 e. The number of alkyl halides is 3. The normalized spacial score (nSPS) is 15.9. The van der Waals surface area contributed by atoms with E-state index in [1.54, 1.807) is 0 Å². The second-order valence-electron chi connectivity index (χ2n) is 4.80. The molecule has 0 radical (unpaired) electrons. The third-order valence-electron chi connectivity index (χ3n) is 3.41. The lowest BCUT2D eigenvalue weighted by atomic mass is 9.85. The van der Waals surface area contributed by atoms with Gasteiger partial charge in [0.2, 0.25) is 0 Å². The first-order valence-corrected chi connectivity index (χ1v) is 6.53. The highest BCUT2D eigenvalue weighted by Gasteiger charge is 2.34. The number of nitrogens with one attached hydrogen (secondary N) is 1. The number of thiocarbonyl (C=S) groups is 1. The minimum atomic E-state index is -4.44. The second kappa shape index (κ2) is 5.36. The quantitative estimate of drug-likeness (QED) is 0.832. The van der Waals surface area contributed by atoms with Gasteiger partial charge in [0.25, 0.3) is 0 Å². The van der Waals surface area contributed by atoms with Crippen LogP contribution in [0.2, 0.25) is 0 Å². The molecule has 1 aliphatic carbocycles. The molecular formula is C13H15F3N2S. The summed E-state index contributed by atoms with van der Waals surface area (Å²) < 4.78 is 38.3. The van der Waals surface area contributed by atoms with E-state index in [0.717, 1.165) is 12.6 Å². The Morgan fingerprint density at radius 3 is 2.53 bits per heavy atom. The molecule has 104 valence electrons. The number of hydrogen-bond acceptors (Lipinski definition) is 2. The molecule has 0 heterocycles. The molecule has 1 saturated carbocycles. The summed E-state index contributed by atoms with van der Waals surface area (Å²) >= 11 is 4.70. The van der Waals surface area contributed by atoms with E-state index in [9.17, 15) is 13.2 Å². The highest BCUT2D eigenvalue weighted by molar-refractivity contribution is 7.80. The number of halogens is 3. The Bertz CT molecular complexity index is 481. The molecule has 0 atom stereocenters. The lowest BCUT2D eigenvalue weighted by Crippen LogP contribution is -2.22. The molecule has 0 amide bonds. The molecule has 2 rings (SSSR count). The zero-order chi connectivity index (χ0) is 14.0. The molecule has 1 aliphatic rings. The lowest BCUT2D eigenvalue weighted by Gasteiger charge is -2.26. The summed E-state index contributed by atoms with van der Waals surface area (Å²) in [5.74, 6) is 0.621. The topological polar surface area (TPSA) is 38.0 Å². The van der Waals surface area contributed by atoms with Crippen LogP contribution in [0.15, 0.2) is 18.2 Å². The molecule has 19 heavy (non-hydrogen) atoms. The zero-order valence-corrected chi connectivity index (χ0v) is 11.1. The van der Waals surface area contributed by atoms with Gasteiger partial charge in [0.05, 0.1) is 5.56 Å². The van der Waals surface area contributed by atoms with Crippen LogP contribution in [0, 0.1) is 5.92 Å². The molecular weight excluding hydrogens is 273 g/mol. The molecule has 1 aromatic rings. The van der Waals surface area contributed by atoms with Gasteiger partial charge in [0, 0.05) is 17.8 Å². The van der Waals surface area contributed by atoms with Crippen molar-refractivity contribution in [1.29, 1.82) is 0 Å². The van der Waals surface area contributed by atoms with Crippen molar-refractivity contribution < 1.29 is 13.2 Å². The number of nitrogens with two attached hydrogens (primary N) is 1. The summed E-state index contributed by atoms with van der Waals surface area (Å²) in [6.07, 6.45) is -0.853. The maximum atomic E-state index is 12.8. The fourth-order valence-corrected chi connectivity index (χ4v) is 2.23. The highest BCUT2D eigenvalue weighted by atomic mass is 32.1. The zero-order valence-electron chi connectivity index (χ0n) is 10.3. The van der Waals surface area contributed by atoms with Crippen LogP contribution in [0.25, 0.3) is 0 Å². The Kier molecular flexibility index (Phi) is 3.99. The summed E-state index contributed by atoms with van der Waals surface area (Å²) in [6, 6.07) is 3.82. The van der Waals surface area contributed by atoms with Crippen molar-refractivity contribution in [3.8, 4) is 0 Å². The van der Waals surface area contributed by atoms with Crippen LogP contribution in [0.5, 0.6) is 0 Å². The van der Waals surface area contributed by atoms with Gasteiger partial charge < -0.3 is 11.1 Å². The Balaban J connectivity index is 2.18. The van der Waals surface area contributed by atoms with E-state index in [1.807, 2.05) is 0 Å². The summed E-state index contributed by atoms with van der Waals surface area (Å²) in [6.45, 7) is 0.780. The first-order valence-electron chi connectivity index (χ1n) is 6.13. The Morgan fingerprint density at radius 1 is 1.37 bits per heavy atom. The van der Waals surface area contributed by atoms with Crippen molar-refractivity contribution in [3.05, 3.63) is 29.3 Å². The SMILES string of the molecule is NC(=S)c1cc(NCC2CCC2)ccc1C(F)(F)F. The van der Waals surface area contributed by atoms with Crippen molar-refractivity contribution in [3.63, 3.8) is 0 Å². The highest BCUT2D eigenvalue weighted by Crippen LogP contribution is 2.33. The van der Waals surface area contributed by atoms with Gasteiger partial charge >= 0.3 is 6.18 Å². The van der Waals surface area contributed by atoms with Gasteiger partial charge in [-0.05, 0) is 37.0 Å². The van der Waals surface area contributed by atoms with E-state index in [2.05, 4.69) is 5.32 Å². The van der Waals surface area contributed by atoms with Crippen molar-refractivity contribution in [1.82, 2.24) is 0 Å². The predicted molar refractivity (Wildman–Crippen MR) is 73.2 cm³/mol. The van der Waals surface area contributed by atoms with Crippen LogP contribution in [-0.4, -0.2) is 11.5 Å². The average Bonchev–Trinajstić information content (AvgIpc) is 2.25. The van der Waals surface area contributed by atoms with Gasteiger partial charge in [-0.2, -0.15) is 13.2 Å². The van der Waals surface area contributed by atoms with E-state index in [0.29, 0.717) is 11.6 Å². The Labute approximate surface area is 115 Å². The molecule has 0 saturated heterocycles. The minimum Gasteiger partial charge on any atom is -0.389 e. The Morgan fingerprint density at radius 2 is 2.05 bits per heavy atom. The first-order chi connectivity index (χ1) is 8.88. The summed E-state index contributed by atoms with van der Waals surface area (Å²) in [5.41, 5.74) is 5.10. The first kappa shape index (κ1) is 14.1. The fourth-order valence-electron chi connectivity index (χ4n) is 2.06. The lowest BCUT2D eigenvalue weighted by molar-refractivity contribution is -0.137. The molecule has 0 bridgehead atoms. The van der Waals surface area contributed by atoms with E-state index in [1.165, 1.54) is 31.4 Å². The standard InChI is InChI=1S/C13H15F3N2S/c14-13(15,16)11-5-4-9(6-10(11)12(17)19)18-7-8-2-1-3-8/h4-6,8,18H,1-3,7H2,(H2,17,19). The maximum Gasteiger partial charge on any atom is 0.417 e. The predicted octanol–water partition coefficient (Wildman–Crippen LogP) is 3.55. The summed E-state index contributed by atoms with van der Waals surface area (Å²) in [7, 11) is 0. The van der Waals surface area contributed by atoms with Gasteiger partial charge in [0.15, 0.2) is 0 Å².